The predicted octanol–water partition coefficient (Wildman–Crippen LogP) is 4.79. The fourth-order valence-corrected chi connectivity index (χ4v) is 4.88. The molecule has 0 radical (unpaired) electrons. The topological polar surface area (TPSA) is 80.1 Å². The number of benzene rings is 3. The Labute approximate surface area is 208 Å². The molecule has 0 unspecified atom stereocenters. The van der Waals surface area contributed by atoms with E-state index in [1.807, 2.05) is 54.6 Å². The van der Waals surface area contributed by atoms with E-state index in [1.165, 1.54) is 27.8 Å². The third kappa shape index (κ3) is 5.12. The van der Waals surface area contributed by atoms with E-state index in [2.05, 4.69) is 15.6 Å². The molecule has 1 atom stereocenters. The minimum atomic E-state index is -0.975. The summed E-state index contributed by atoms with van der Waals surface area (Å²) in [5.41, 5.74) is 2.31. The first-order valence-corrected chi connectivity index (χ1v) is 12.3. The van der Waals surface area contributed by atoms with Crippen LogP contribution in [0.25, 0.3) is 11.0 Å². The van der Waals surface area contributed by atoms with E-state index in [0.717, 1.165) is 32.1 Å². The summed E-state index contributed by atoms with van der Waals surface area (Å²) in [6.45, 7) is -0.156. The summed E-state index contributed by atoms with van der Waals surface area (Å²) in [6.07, 6.45) is 5.10. The van der Waals surface area contributed by atoms with Crippen molar-refractivity contribution in [2.45, 2.75) is 50.7 Å². The Hall–Kier alpha value is -4.07. The van der Waals surface area contributed by atoms with Gasteiger partial charge in [0.1, 0.15) is 23.9 Å². The van der Waals surface area contributed by atoms with Crippen molar-refractivity contribution in [3.63, 3.8) is 0 Å². The second kappa shape index (κ2) is 10.7. The van der Waals surface area contributed by atoms with Crippen LogP contribution in [0, 0.1) is 5.82 Å². The zero-order chi connectivity index (χ0) is 24.9. The standard InChI is InChI=1S/C28H28FN5O2/c29-21-12-9-15-23(18-21)34(26(35)19-33-25-17-8-7-16-24(25)31-32-33)27(20-10-3-1-4-11-20)28(36)30-22-13-5-2-6-14-22/h1,3-4,7-12,15-18,22,27H,2,5-6,13-14,19H2,(H,30,36)/t27-/m0/s1. The highest BCUT2D eigenvalue weighted by molar-refractivity contribution is 6.01. The zero-order valence-corrected chi connectivity index (χ0v) is 19.9. The summed E-state index contributed by atoms with van der Waals surface area (Å²) in [6, 6.07) is 21.4. The van der Waals surface area contributed by atoms with Gasteiger partial charge in [0.05, 0.1) is 5.52 Å². The van der Waals surface area contributed by atoms with Crippen molar-refractivity contribution >= 4 is 28.5 Å². The second-order valence-corrected chi connectivity index (χ2v) is 9.14. The third-order valence-electron chi connectivity index (χ3n) is 6.63. The van der Waals surface area contributed by atoms with Crippen LogP contribution in [0.2, 0.25) is 0 Å². The van der Waals surface area contributed by atoms with Crippen molar-refractivity contribution in [1.29, 1.82) is 0 Å². The molecule has 1 heterocycles. The Balaban J connectivity index is 1.54. The van der Waals surface area contributed by atoms with E-state index in [-0.39, 0.29) is 18.5 Å². The van der Waals surface area contributed by atoms with Crippen molar-refractivity contribution < 1.29 is 14.0 Å². The summed E-state index contributed by atoms with van der Waals surface area (Å²) in [5.74, 6) is -1.17. The van der Waals surface area contributed by atoms with Crippen LogP contribution in [-0.2, 0) is 16.1 Å². The van der Waals surface area contributed by atoms with Gasteiger partial charge < -0.3 is 5.32 Å². The lowest BCUT2D eigenvalue weighted by Gasteiger charge is -2.33. The number of hydrogen-bond donors (Lipinski definition) is 1. The molecule has 0 saturated heterocycles. The minimum absolute atomic E-state index is 0.0567. The first-order chi connectivity index (χ1) is 17.6. The number of para-hydroxylation sites is 1. The number of nitrogens with one attached hydrogen (secondary N) is 1. The monoisotopic (exact) mass is 485 g/mol. The first-order valence-electron chi connectivity index (χ1n) is 12.3. The molecule has 0 aliphatic heterocycles. The van der Waals surface area contributed by atoms with Gasteiger partial charge in [-0.1, -0.05) is 73.0 Å². The van der Waals surface area contributed by atoms with Crippen LogP contribution in [0.3, 0.4) is 0 Å². The zero-order valence-electron chi connectivity index (χ0n) is 19.9. The SMILES string of the molecule is O=C(NC1CCCCC1)[C@H](c1ccccc1)N(C(=O)Cn1nnc2ccccc21)c1cccc(F)c1. The number of hydrogen-bond acceptors (Lipinski definition) is 4. The molecule has 184 valence electrons. The number of carbonyl (C=O) groups is 2. The van der Waals surface area contributed by atoms with Crippen molar-refractivity contribution in [3.8, 4) is 0 Å². The molecule has 36 heavy (non-hydrogen) atoms. The van der Waals surface area contributed by atoms with Gasteiger partial charge in [-0.2, -0.15) is 0 Å². The lowest BCUT2D eigenvalue weighted by atomic mass is 9.94. The Bertz CT molecular complexity index is 1350. The maximum Gasteiger partial charge on any atom is 0.249 e. The number of nitrogens with zero attached hydrogens (tertiary/aromatic N) is 4. The van der Waals surface area contributed by atoms with E-state index in [9.17, 15) is 14.0 Å². The molecule has 0 bridgehead atoms. The lowest BCUT2D eigenvalue weighted by molar-refractivity contribution is -0.127. The number of rotatable bonds is 7. The molecule has 1 aliphatic rings. The van der Waals surface area contributed by atoms with Crippen molar-refractivity contribution in [1.82, 2.24) is 20.3 Å². The average Bonchev–Trinajstić information content (AvgIpc) is 3.30. The van der Waals surface area contributed by atoms with Gasteiger partial charge in [0.15, 0.2) is 0 Å². The number of amides is 2. The van der Waals surface area contributed by atoms with E-state index in [4.69, 9.17) is 0 Å². The van der Waals surface area contributed by atoms with Crippen LogP contribution in [0.1, 0.15) is 43.7 Å². The normalized spacial score (nSPS) is 14.9. The summed E-state index contributed by atoms with van der Waals surface area (Å²) in [5, 5.41) is 11.4. The van der Waals surface area contributed by atoms with Crippen molar-refractivity contribution in [2.24, 2.45) is 0 Å². The largest absolute Gasteiger partial charge is 0.351 e. The summed E-state index contributed by atoms with van der Waals surface area (Å²) in [7, 11) is 0. The van der Waals surface area contributed by atoms with Gasteiger partial charge in [-0.15, -0.1) is 5.10 Å². The quantitative estimate of drug-likeness (QED) is 0.408. The molecule has 4 aromatic rings. The third-order valence-corrected chi connectivity index (χ3v) is 6.63. The van der Waals surface area contributed by atoms with E-state index in [0.29, 0.717) is 22.3 Å². The maximum atomic E-state index is 14.4. The molecule has 7 nitrogen and oxygen atoms in total. The van der Waals surface area contributed by atoms with E-state index >= 15 is 0 Å². The summed E-state index contributed by atoms with van der Waals surface area (Å²) >= 11 is 0. The first kappa shape index (κ1) is 23.7. The van der Waals surface area contributed by atoms with Crippen molar-refractivity contribution in [2.75, 3.05) is 4.90 Å². The number of carbonyl (C=O) groups excluding carboxylic acids is 2. The molecule has 1 aliphatic carbocycles. The van der Waals surface area contributed by atoms with Crippen LogP contribution in [0.15, 0.2) is 78.9 Å². The van der Waals surface area contributed by atoms with Gasteiger partial charge >= 0.3 is 0 Å². The van der Waals surface area contributed by atoms with Gasteiger partial charge in [0.25, 0.3) is 0 Å². The van der Waals surface area contributed by atoms with Gasteiger partial charge in [-0.3, -0.25) is 14.5 Å². The Morgan fingerprint density at radius 1 is 0.972 bits per heavy atom. The molecule has 1 saturated carbocycles. The Kier molecular flexibility index (Phi) is 7.02. The Morgan fingerprint density at radius 2 is 1.72 bits per heavy atom. The van der Waals surface area contributed by atoms with Gasteiger partial charge in [0, 0.05) is 11.7 Å². The van der Waals surface area contributed by atoms with Crippen LogP contribution in [0.5, 0.6) is 0 Å². The van der Waals surface area contributed by atoms with Gasteiger partial charge in [-0.05, 0) is 48.7 Å². The average molecular weight is 486 g/mol. The molecule has 8 heteroatoms. The molecule has 3 aromatic carbocycles. The molecule has 2 amide bonds. The van der Waals surface area contributed by atoms with Gasteiger partial charge in [0.2, 0.25) is 11.8 Å². The van der Waals surface area contributed by atoms with E-state index in [1.54, 1.807) is 6.07 Å². The van der Waals surface area contributed by atoms with Gasteiger partial charge in [-0.25, -0.2) is 9.07 Å². The maximum absolute atomic E-state index is 14.4. The van der Waals surface area contributed by atoms with Crippen molar-refractivity contribution in [3.05, 3.63) is 90.2 Å². The molecule has 1 aromatic heterocycles. The fourth-order valence-electron chi connectivity index (χ4n) is 4.88. The highest BCUT2D eigenvalue weighted by Gasteiger charge is 2.34. The predicted molar refractivity (Wildman–Crippen MR) is 136 cm³/mol. The smallest absolute Gasteiger partial charge is 0.249 e. The van der Waals surface area contributed by atoms with Crippen LogP contribution >= 0.6 is 0 Å². The second-order valence-electron chi connectivity index (χ2n) is 9.14. The number of fused-ring (bicyclic) bond motifs is 1. The molecule has 1 fully saturated rings. The molecule has 0 spiro atoms. The Morgan fingerprint density at radius 3 is 2.50 bits per heavy atom. The van der Waals surface area contributed by atoms with Crippen LogP contribution in [-0.4, -0.2) is 32.9 Å². The minimum Gasteiger partial charge on any atom is -0.351 e. The van der Waals surface area contributed by atoms with Crippen LogP contribution in [0.4, 0.5) is 10.1 Å². The molecular formula is C28H28FN5O2. The lowest BCUT2D eigenvalue weighted by Crippen LogP contribution is -2.48. The fraction of sp³-hybridized carbons (Fsp3) is 0.286. The van der Waals surface area contributed by atoms with Crippen LogP contribution < -0.4 is 10.2 Å². The number of anilines is 1. The number of aromatic nitrogens is 3. The molecule has 5 rings (SSSR count). The highest BCUT2D eigenvalue weighted by Crippen LogP contribution is 2.30. The molecular weight excluding hydrogens is 457 g/mol. The highest BCUT2D eigenvalue weighted by atomic mass is 19.1. The summed E-state index contributed by atoms with van der Waals surface area (Å²) in [4.78, 5) is 29.1. The number of halogens is 1. The molecule has 1 N–H and O–H groups in total. The van der Waals surface area contributed by atoms with E-state index < -0.39 is 17.8 Å². The summed E-state index contributed by atoms with van der Waals surface area (Å²) < 4.78 is 15.9.